The molecule has 0 aromatic heterocycles. The number of carbonyl (C=O) groups is 3. The lowest BCUT2D eigenvalue weighted by atomic mass is 10.1. The van der Waals surface area contributed by atoms with Crippen LogP contribution < -0.4 is 10.6 Å². The van der Waals surface area contributed by atoms with Crippen LogP contribution in [0.3, 0.4) is 0 Å². The lowest BCUT2D eigenvalue weighted by Gasteiger charge is -2.11. The normalized spacial score (nSPS) is 10.1. The van der Waals surface area contributed by atoms with Gasteiger partial charge in [-0.05, 0) is 24.6 Å². The second-order valence-electron chi connectivity index (χ2n) is 5.86. The van der Waals surface area contributed by atoms with Crippen LogP contribution in [0.15, 0.2) is 42.5 Å². The maximum absolute atomic E-state index is 12.2. The number of para-hydroxylation sites is 1. The summed E-state index contributed by atoms with van der Waals surface area (Å²) in [6.45, 7) is 2.19. The highest BCUT2D eigenvalue weighted by atomic mass is 35.5. The van der Waals surface area contributed by atoms with Gasteiger partial charge in [0.25, 0.3) is 5.69 Å². The molecule has 2 aromatic carbocycles. The van der Waals surface area contributed by atoms with Gasteiger partial charge in [0.1, 0.15) is 0 Å². The fourth-order valence-electron chi connectivity index (χ4n) is 2.24. The third-order valence-corrected chi connectivity index (χ3v) is 4.07. The first kappa shape index (κ1) is 21.8. The van der Waals surface area contributed by atoms with Crippen LogP contribution >= 0.6 is 11.6 Å². The molecule has 2 aromatic rings. The first-order valence-electron chi connectivity index (χ1n) is 8.66. The molecule has 29 heavy (non-hydrogen) atoms. The Morgan fingerprint density at radius 1 is 1.07 bits per heavy atom. The van der Waals surface area contributed by atoms with E-state index in [0.29, 0.717) is 6.42 Å². The fourth-order valence-corrected chi connectivity index (χ4v) is 2.40. The fraction of sp³-hybridized carbons (Fsp3) is 0.211. The maximum Gasteiger partial charge on any atom is 0.340 e. The van der Waals surface area contributed by atoms with Gasteiger partial charge in [-0.1, -0.05) is 37.1 Å². The van der Waals surface area contributed by atoms with Crippen molar-refractivity contribution in [3.8, 4) is 0 Å². The smallest absolute Gasteiger partial charge is 0.340 e. The molecule has 0 saturated carbocycles. The zero-order chi connectivity index (χ0) is 21.4. The monoisotopic (exact) mass is 419 g/mol. The summed E-state index contributed by atoms with van der Waals surface area (Å²) in [7, 11) is 0. The van der Waals surface area contributed by atoms with Gasteiger partial charge in [0.05, 0.1) is 33.5 Å². The number of anilines is 2. The quantitative estimate of drug-likeness (QED) is 0.231. The third kappa shape index (κ3) is 6.01. The number of benzene rings is 2. The van der Waals surface area contributed by atoms with Crippen molar-refractivity contribution in [3.05, 3.63) is 63.2 Å². The highest BCUT2D eigenvalue weighted by Gasteiger charge is 2.20. The van der Waals surface area contributed by atoms with E-state index in [-0.39, 0.29) is 34.3 Å². The summed E-state index contributed by atoms with van der Waals surface area (Å²) in [5, 5.41) is 15.4. The van der Waals surface area contributed by atoms with Gasteiger partial charge in [-0.2, -0.15) is 0 Å². The number of amides is 2. The highest BCUT2D eigenvalue weighted by Crippen LogP contribution is 2.26. The molecule has 0 atom stereocenters. The Balaban J connectivity index is 2.11. The number of nitro benzene ring substituents is 1. The number of carbonyl (C=O) groups excluding carboxylic acids is 3. The maximum atomic E-state index is 12.2. The summed E-state index contributed by atoms with van der Waals surface area (Å²) < 4.78 is 5.13. The molecule has 0 fully saturated rings. The molecule has 0 spiro atoms. The molecule has 0 radical (unpaired) electrons. The summed E-state index contributed by atoms with van der Waals surface area (Å²) in [5.74, 6) is -2.82. The van der Waals surface area contributed by atoms with Crippen molar-refractivity contribution in [2.75, 3.05) is 17.2 Å². The Hall–Kier alpha value is -3.46. The number of non-ortho nitro benzene ring substituents is 1. The summed E-state index contributed by atoms with van der Waals surface area (Å²) in [6, 6.07) is 9.50. The van der Waals surface area contributed by atoms with Crippen molar-refractivity contribution >= 4 is 46.4 Å². The van der Waals surface area contributed by atoms with Gasteiger partial charge >= 0.3 is 17.8 Å². The molecule has 0 unspecified atom stereocenters. The molecule has 10 heteroatoms. The van der Waals surface area contributed by atoms with E-state index < -0.39 is 22.7 Å². The van der Waals surface area contributed by atoms with Gasteiger partial charge in [-0.3, -0.25) is 19.7 Å². The minimum atomic E-state index is -1.11. The number of rotatable bonds is 7. The zero-order valence-electron chi connectivity index (χ0n) is 15.4. The van der Waals surface area contributed by atoms with Crippen molar-refractivity contribution in [1.82, 2.24) is 0 Å². The molecule has 152 valence electrons. The molecule has 0 aliphatic rings. The van der Waals surface area contributed by atoms with E-state index in [0.717, 1.165) is 12.5 Å². The molecule has 2 rings (SSSR count). The largest absolute Gasteiger partial charge is 0.462 e. The Morgan fingerprint density at radius 3 is 2.38 bits per heavy atom. The van der Waals surface area contributed by atoms with Crippen LogP contribution in [0.25, 0.3) is 0 Å². The van der Waals surface area contributed by atoms with Crippen LogP contribution in [0.4, 0.5) is 17.1 Å². The molecule has 0 aliphatic carbocycles. The molecule has 9 nitrogen and oxygen atoms in total. The number of nitro groups is 1. The van der Waals surface area contributed by atoms with E-state index in [9.17, 15) is 24.5 Å². The van der Waals surface area contributed by atoms with E-state index in [4.69, 9.17) is 16.3 Å². The van der Waals surface area contributed by atoms with Gasteiger partial charge < -0.3 is 15.4 Å². The molecule has 0 saturated heterocycles. The summed E-state index contributed by atoms with van der Waals surface area (Å²) in [4.78, 5) is 46.8. The van der Waals surface area contributed by atoms with Gasteiger partial charge in [0.15, 0.2) is 0 Å². The summed E-state index contributed by atoms with van der Waals surface area (Å²) in [6.07, 6.45) is 1.55. The molecule has 2 amide bonds. The number of ether oxygens (including phenoxy) is 1. The Kier molecular flexibility index (Phi) is 7.67. The van der Waals surface area contributed by atoms with Gasteiger partial charge in [-0.15, -0.1) is 0 Å². The lowest BCUT2D eigenvalue weighted by molar-refractivity contribution is -0.384. The van der Waals surface area contributed by atoms with Crippen LogP contribution in [0.2, 0.25) is 5.02 Å². The van der Waals surface area contributed by atoms with E-state index in [1.54, 1.807) is 12.1 Å². The number of nitrogens with zero attached hydrogens (tertiary/aromatic N) is 1. The van der Waals surface area contributed by atoms with Crippen molar-refractivity contribution in [1.29, 1.82) is 0 Å². The molecule has 0 bridgehead atoms. The minimum Gasteiger partial charge on any atom is -0.462 e. The second kappa shape index (κ2) is 10.2. The van der Waals surface area contributed by atoms with E-state index in [1.807, 2.05) is 6.92 Å². The molecular weight excluding hydrogens is 402 g/mol. The molecule has 0 heterocycles. The van der Waals surface area contributed by atoms with Gasteiger partial charge in [-0.25, -0.2) is 4.79 Å². The lowest BCUT2D eigenvalue weighted by Crippen LogP contribution is -2.30. The van der Waals surface area contributed by atoms with E-state index >= 15 is 0 Å². The first-order valence-corrected chi connectivity index (χ1v) is 9.03. The zero-order valence-corrected chi connectivity index (χ0v) is 16.2. The SMILES string of the molecule is CCCCOC(=O)c1ccccc1NC(=O)C(=O)Nc1cc([N+](=O)[O-])ccc1Cl. The van der Waals surface area contributed by atoms with E-state index in [1.165, 1.54) is 24.3 Å². The Bertz CT molecular complexity index is 947. The first-order chi connectivity index (χ1) is 13.8. The predicted octanol–water partition coefficient (Wildman–Crippen LogP) is 3.78. The predicted molar refractivity (Wildman–Crippen MR) is 107 cm³/mol. The van der Waals surface area contributed by atoms with Crippen LogP contribution in [-0.2, 0) is 14.3 Å². The van der Waals surface area contributed by atoms with Crippen molar-refractivity contribution in [3.63, 3.8) is 0 Å². The van der Waals surface area contributed by atoms with Gasteiger partial charge in [0.2, 0.25) is 0 Å². The van der Waals surface area contributed by atoms with Crippen LogP contribution in [0, 0.1) is 10.1 Å². The third-order valence-electron chi connectivity index (χ3n) is 3.74. The van der Waals surface area contributed by atoms with Crippen LogP contribution in [0.5, 0.6) is 0 Å². The van der Waals surface area contributed by atoms with Crippen molar-refractivity contribution in [2.24, 2.45) is 0 Å². The van der Waals surface area contributed by atoms with Crippen molar-refractivity contribution < 1.29 is 24.0 Å². The summed E-state index contributed by atoms with van der Waals surface area (Å²) in [5.41, 5.74) is -0.198. The topological polar surface area (TPSA) is 128 Å². The van der Waals surface area contributed by atoms with E-state index in [2.05, 4.69) is 10.6 Å². The number of esters is 1. The molecule has 2 N–H and O–H groups in total. The number of nitrogens with one attached hydrogen (secondary N) is 2. The van der Waals surface area contributed by atoms with Crippen molar-refractivity contribution in [2.45, 2.75) is 19.8 Å². The standard InChI is InChI=1S/C19H18ClN3O6/c1-2-3-10-29-19(26)13-6-4-5-7-15(13)21-17(24)18(25)22-16-11-12(23(27)28)8-9-14(16)20/h4-9,11H,2-3,10H2,1H3,(H,21,24)(H,22,25). The molecule has 0 aliphatic heterocycles. The summed E-state index contributed by atoms with van der Waals surface area (Å²) >= 11 is 5.91. The average Bonchev–Trinajstić information content (AvgIpc) is 2.69. The highest BCUT2D eigenvalue weighted by molar-refractivity contribution is 6.45. The second-order valence-corrected chi connectivity index (χ2v) is 6.27. The van der Waals surface area contributed by atoms with Gasteiger partial charge in [0, 0.05) is 12.1 Å². The van der Waals surface area contributed by atoms with Crippen LogP contribution in [-0.4, -0.2) is 29.3 Å². The number of hydrogen-bond acceptors (Lipinski definition) is 6. The van der Waals surface area contributed by atoms with Crippen LogP contribution in [0.1, 0.15) is 30.1 Å². The number of unbranched alkanes of at least 4 members (excludes halogenated alkanes) is 1. The number of hydrogen-bond donors (Lipinski definition) is 2. The Labute approximate surface area is 171 Å². The molecular formula is C19H18ClN3O6. The Morgan fingerprint density at radius 2 is 1.72 bits per heavy atom. The minimum absolute atomic E-state index is 0.0247. The average molecular weight is 420 g/mol. The number of halogens is 1.